The zero-order valence-electron chi connectivity index (χ0n) is 41.2. The first-order valence-electron chi connectivity index (χ1n) is 22.5. The van der Waals surface area contributed by atoms with E-state index in [2.05, 4.69) is 0 Å². The van der Waals surface area contributed by atoms with Crippen LogP contribution in [0.2, 0.25) is 0 Å². The average Bonchev–Trinajstić information content (AvgIpc) is 3.35. The molecule has 0 heterocycles. The molecule has 0 bridgehead atoms. The van der Waals surface area contributed by atoms with E-state index < -0.39 is 23.9 Å². The Labute approximate surface area is 444 Å². The van der Waals surface area contributed by atoms with Crippen molar-refractivity contribution >= 4 is 87.2 Å². The van der Waals surface area contributed by atoms with Crippen molar-refractivity contribution in [1.29, 1.82) is 0 Å². The molecule has 0 aromatic heterocycles. The molecular weight excluding hydrogens is 1010 g/mol. The number of nitrogen functional groups attached to an aromatic ring is 10. The maximum Gasteiger partial charge on any atom is 0.337 e. The molecule has 8 aromatic rings. The lowest BCUT2D eigenvalue weighted by Crippen LogP contribution is -2.05. The van der Waals surface area contributed by atoms with Crippen LogP contribution in [0.1, 0.15) is 63.7 Å². The maximum absolute atomic E-state index is 11.0. The lowest BCUT2D eigenvalue weighted by Gasteiger charge is -2.08. The van der Waals surface area contributed by atoms with Gasteiger partial charge in [-0.3, -0.25) is 4.79 Å². The van der Waals surface area contributed by atoms with Crippen molar-refractivity contribution < 1.29 is 64.5 Å². The van der Waals surface area contributed by atoms with E-state index in [1.54, 1.807) is 72.8 Å². The Kier molecular flexibility index (Phi) is 20.4. The average molecular weight is 1070 g/mol. The highest BCUT2D eigenvalue weighted by atomic mass is 16.5. The Hall–Kier alpha value is -11.5. The minimum absolute atomic E-state index is 0.0291. The number of nitrogens with two attached hydrogens (primary N) is 10. The number of carbonyl (C=O) groups is 5. The molecule has 8 rings (SSSR count). The van der Waals surface area contributed by atoms with Crippen LogP contribution < -0.4 is 62.1 Å². The van der Waals surface area contributed by atoms with Crippen LogP contribution in [0.15, 0.2) is 146 Å². The Balaban J connectivity index is 0.000000217. The van der Waals surface area contributed by atoms with Gasteiger partial charge in [0.25, 0.3) is 6.47 Å². The number of carbonyl (C=O) groups excluding carboxylic acids is 1. The Morgan fingerprint density at radius 2 is 0.756 bits per heavy atom. The van der Waals surface area contributed by atoms with Gasteiger partial charge in [0.15, 0.2) is 5.75 Å². The van der Waals surface area contributed by atoms with Gasteiger partial charge in [0.05, 0.1) is 39.3 Å². The smallest absolute Gasteiger partial charge is 0.337 e. The van der Waals surface area contributed by atoms with Crippen LogP contribution in [0.3, 0.4) is 0 Å². The van der Waals surface area contributed by atoms with Gasteiger partial charge in [-0.2, -0.15) is 0 Å². The number of carboxylic acid groups (broad SMARTS) is 4. The largest absolute Gasteiger partial charge is 0.508 e. The first-order chi connectivity index (χ1) is 36.7. The van der Waals surface area contributed by atoms with E-state index >= 15 is 0 Å². The first kappa shape index (κ1) is 59.1. The summed E-state index contributed by atoms with van der Waals surface area (Å²) >= 11 is 0. The number of aromatic carboxylic acids is 4. The van der Waals surface area contributed by atoms with Crippen molar-refractivity contribution in [3.63, 3.8) is 0 Å². The van der Waals surface area contributed by atoms with E-state index in [0.717, 1.165) is 33.4 Å². The number of anilines is 10. The molecule has 0 spiro atoms. The van der Waals surface area contributed by atoms with Crippen LogP contribution in [0, 0.1) is 0 Å². The van der Waals surface area contributed by atoms with Crippen LogP contribution in [-0.2, 0) is 17.6 Å². The number of hydrogen-bond acceptors (Lipinski definition) is 19. The highest BCUT2D eigenvalue weighted by Gasteiger charge is 2.13. The second-order valence-electron chi connectivity index (χ2n) is 16.7. The summed E-state index contributed by atoms with van der Waals surface area (Å²) in [5.41, 5.74) is 63.6. The lowest BCUT2D eigenvalue weighted by molar-refractivity contribution is -0.120. The van der Waals surface area contributed by atoms with Gasteiger partial charge in [0.2, 0.25) is 0 Å². The summed E-state index contributed by atoms with van der Waals surface area (Å²) in [6.45, 7) is 0.316. The molecule has 8 aromatic carbocycles. The van der Waals surface area contributed by atoms with Crippen LogP contribution in [0.5, 0.6) is 23.0 Å². The van der Waals surface area contributed by atoms with Crippen molar-refractivity contribution in [1.82, 2.24) is 0 Å². The summed E-state index contributed by atoms with van der Waals surface area (Å²) in [5.74, 6) is -3.77. The third kappa shape index (κ3) is 17.6. The molecule has 0 fully saturated rings. The number of phenolic OH excluding ortho intramolecular Hbond substituents is 3. The van der Waals surface area contributed by atoms with E-state index in [4.69, 9.17) is 87.6 Å². The van der Waals surface area contributed by atoms with Crippen molar-refractivity contribution in [2.75, 3.05) is 57.3 Å². The number of hydrogen-bond donors (Lipinski definition) is 17. The summed E-state index contributed by atoms with van der Waals surface area (Å²) in [7, 11) is 0. The second-order valence-corrected chi connectivity index (χ2v) is 16.7. The standard InChI is InChI=1S/2C15H14N2O4.C12H12N2O2.C7H8N2O2.C6H8N2O/c16-12-6-9(1-3-11(12)15(19)20)5-10-2-4-14(21-8-18)13(17)7-10;16-12-3-1-8(6-10(12)14(18)19)5-9-2-4-13(17)11(7-9)15(20)21;13-9-5-7(1-3-11(9)15)8-2-4-12(16)10(14)6-8;8-5-1-4(7(10)11)2-6(9)3-5;7-4-1-5(8)3-6(9)2-4/h1-4,6-8H,5,16-17H2,(H,19,20);1-4,6-7H,5,16-17H2,(H,18,19)(H,20,21);1-6,15-16H,13-14H2;1-3H,8-9H2,(H,10,11);1-3,9H,7-8H2. The molecule has 0 unspecified atom stereocenters. The number of carboxylic acids is 4. The molecule has 27 N–H and O–H groups in total. The molecule has 23 heteroatoms. The fourth-order valence-corrected chi connectivity index (χ4v) is 6.98. The van der Waals surface area contributed by atoms with E-state index in [-0.39, 0.29) is 56.6 Å². The molecule has 23 nitrogen and oxygen atoms in total. The van der Waals surface area contributed by atoms with Gasteiger partial charge in [0, 0.05) is 51.9 Å². The molecule has 0 aliphatic rings. The minimum atomic E-state index is -1.10. The second kappa shape index (κ2) is 27.0. The summed E-state index contributed by atoms with van der Waals surface area (Å²) in [6.07, 6.45) is 0.927. The molecule has 0 amide bonds. The molecule has 0 saturated carbocycles. The maximum atomic E-state index is 11.0. The van der Waals surface area contributed by atoms with Gasteiger partial charge in [-0.05, 0) is 143 Å². The highest BCUT2D eigenvalue weighted by molar-refractivity contribution is 5.95. The Morgan fingerprint density at radius 1 is 0.372 bits per heavy atom. The molecular formula is C55H56N10O13. The molecule has 0 atom stereocenters. The molecule has 0 radical (unpaired) electrons. The molecule has 404 valence electrons. The molecule has 78 heavy (non-hydrogen) atoms. The van der Waals surface area contributed by atoms with E-state index in [1.807, 2.05) is 0 Å². The van der Waals surface area contributed by atoms with Crippen LogP contribution >= 0.6 is 0 Å². The predicted molar refractivity (Wildman–Crippen MR) is 300 cm³/mol. The molecule has 0 saturated heterocycles. The van der Waals surface area contributed by atoms with Crippen LogP contribution in [0.4, 0.5) is 56.9 Å². The number of aromatic hydroxyl groups is 3. The van der Waals surface area contributed by atoms with E-state index in [1.165, 1.54) is 72.8 Å². The zero-order valence-corrected chi connectivity index (χ0v) is 41.2. The summed E-state index contributed by atoms with van der Waals surface area (Å²) < 4.78 is 4.71. The third-order valence-electron chi connectivity index (χ3n) is 10.7. The van der Waals surface area contributed by atoms with Gasteiger partial charge in [-0.1, -0.05) is 36.4 Å². The SMILES string of the molecule is Nc1cc(-c2ccc(O)c(N)c2)ccc1O.Nc1cc(Cc2ccc(C(=O)O)c(N)c2)ccc1OC=O.Nc1cc(N)cc(C(=O)O)c1.Nc1cc(N)cc(O)c1.Nc1ccc(Cc2ccc(N)c(C(=O)O)c2)cc1C(=O)O. The minimum Gasteiger partial charge on any atom is -0.508 e. The zero-order chi connectivity index (χ0) is 58.0. The Morgan fingerprint density at radius 3 is 1.12 bits per heavy atom. The van der Waals surface area contributed by atoms with Crippen LogP contribution in [0.25, 0.3) is 11.1 Å². The molecule has 0 aliphatic carbocycles. The number of ether oxygens (including phenoxy) is 1. The van der Waals surface area contributed by atoms with Crippen molar-refractivity contribution in [3.05, 3.63) is 190 Å². The topological polar surface area (TPSA) is 496 Å². The van der Waals surface area contributed by atoms with Crippen molar-refractivity contribution in [3.8, 4) is 34.1 Å². The summed E-state index contributed by atoms with van der Waals surface area (Å²) in [4.78, 5) is 53.7. The van der Waals surface area contributed by atoms with Gasteiger partial charge in [0.1, 0.15) is 17.2 Å². The number of rotatable bonds is 11. The van der Waals surface area contributed by atoms with E-state index in [9.17, 15) is 34.2 Å². The monoisotopic (exact) mass is 1060 g/mol. The predicted octanol–water partition coefficient (Wildman–Crippen LogP) is 6.55. The molecule has 0 aliphatic heterocycles. The lowest BCUT2D eigenvalue weighted by atomic mass is 9.99. The number of benzene rings is 8. The normalized spacial score (nSPS) is 10.0. The van der Waals surface area contributed by atoms with Gasteiger partial charge in [-0.25, -0.2) is 19.2 Å². The van der Waals surface area contributed by atoms with Gasteiger partial charge >= 0.3 is 23.9 Å². The Bertz CT molecular complexity index is 3320. The summed E-state index contributed by atoms with van der Waals surface area (Å²) in [6, 6.07) is 37.8. The third-order valence-corrected chi connectivity index (χ3v) is 10.7. The van der Waals surface area contributed by atoms with Gasteiger partial charge < -0.3 is 97.8 Å². The fraction of sp³-hybridized carbons (Fsp3) is 0.0364. The van der Waals surface area contributed by atoms with E-state index in [0.29, 0.717) is 64.9 Å². The van der Waals surface area contributed by atoms with Gasteiger partial charge in [-0.15, -0.1) is 0 Å². The quantitative estimate of drug-likeness (QED) is 0.0371. The summed E-state index contributed by atoms with van der Waals surface area (Å²) in [5, 5.41) is 63.0. The van der Waals surface area contributed by atoms with Crippen LogP contribution in [-0.4, -0.2) is 66.1 Å². The van der Waals surface area contributed by atoms with Crippen molar-refractivity contribution in [2.24, 2.45) is 0 Å². The van der Waals surface area contributed by atoms with Crippen molar-refractivity contribution in [2.45, 2.75) is 12.8 Å². The fourth-order valence-electron chi connectivity index (χ4n) is 6.98. The number of phenols is 3. The first-order valence-corrected chi connectivity index (χ1v) is 22.5. The highest BCUT2D eigenvalue weighted by Crippen LogP contribution is 2.32.